The first kappa shape index (κ1) is 19.1. The summed E-state index contributed by atoms with van der Waals surface area (Å²) in [6.07, 6.45) is 1.10. The number of benzene rings is 3. The van der Waals surface area contributed by atoms with Gasteiger partial charge in [0.15, 0.2) is 0 Å². The molecule has 0 heterocycles. The molecule has 3 aromatic rings. The third-order valence-electron chi connectivity index (χ3n) is 4.58. The summed E-state index contributed by atoms with van der Waals surface area (Å²) in [7, 11) is -2.12. The molecule has 1 atom stereocenters. The Morgan fingerprint density at radius 3 is 2.30 bits per heavy atom. The topological polar surface area (TPSA) is 66.5 Å². The van der Waals surface area contributed by atoms with E-state index in [1.165, 1.54) is 7.05 Å². The van der Waals surface area contributed by atoms with E-state index in [0.29, 0.717) is 12.1 Å². The molecule has 1 amide bonds. The number of fused-ring (bicyclic) bond motifs is 1. The van der Waals surface area contributed by atoms with E-state index < -0.39 is 16.1 Å². The van der Waals surface area contributed by atoms with E-state index in [-0.39, 0.29) is 5.91 Å². The minimum absolute atomic E-state index is 0.321. The van der Waals surface area contributed by atoms with Crippen molar-refractivity contribution >= 4 is 26.7 Å². The quantitative estimate of drug-likeness (QED) is 0.712. The van der Waals surface area contributed by atoms with Crippen LogP contribution in [0, 0.1) is 0 Å². The Bertz CT molecular complexity index is 1040. The SMILES string of the molecule is CN([C@@H](C(=O)NCc1cccc2ccccc12)c1ccccc1)S(C)(=O)=O. The Morgan fingerprint density at radius 2 is 1.59 bits per heavy atom. The van der Waals surface area contributed by atoms with Gasteiger partial charge in [-0.05, 0) is 21.9 Å². The lowest BCUT2D eigenvalue weighted by Crippen LogP contribution is -2.41. The number of rotatable bonds is 6. The number of amides is 1. The smallest absolute Gasteiger partial charge is 0.243 e. The molecule has 0 aliphatic heterocycles. The number of sulfonamides is 1. The Hall–Kier alpha value is -2.70. The van der Waals surface area contributed by atoms with E-state index in [1.807, 2.05) is 48.5 Å². The van der Waals surface area contributed by atoms with Crippen LogP contribution in [-0.2, 0) is 21.4 Å². The van der Waals surface area contributed by atoms with E-state index in [4.69, 9.17) is 0 Å². The molecule has 0 radical (unpaired) electrons. The highest BCUT2D eigenvalue weighted by Crippen LogP contribution is 2.23. The Labute approximate surface area is 159 Å². The molecule has 0 spiro atoms. The molecule has 0 aliphatic carbocycles. The maximum absolute atomic E-state index is 12.9. The predicted octanol–water partition coefficient (Wildman–Crippen LogP) is 3.09. The van der Waals surface area contributed by atoms with Gasteiger partial charge in [-0.15, -0.1) is 0 Å². The van der Waals surface area contributed by atoms with Crippen molar-refractivity contribution in [2.24, 2.45) is 0 Å². The van der Waals surface area contributed by atoms with E-state index in [9.17, 15) is 13.2 Å². The standard InChI is InChI=1S/C21H22N2O3S/c1-23(27(2,25)26)20(17-10-4-3-5-11-17)21(24)22-15-18-13-8-12-16-9-6-7-14-19(16)18/h3-14,20H,15H2,1-2H3,(H,22,24)/t20-/m1/s1. The highest BCUT2D eigenvalue weighted by Gasteiger charge is 2.30. The molecular formula is C21H22N2O3S. The van der Waals surface area contributed by atoms with Gasteiger partial charge in [-0.2, -0.15) is 4.31 Å². The molecule has 0 bridgehead atoms. The van der Waals surface area contributed by atoms with Gasteiger partial charge < -0.3 is 5.32 Å². The molecule has 0 saturated heterocycles. The second-order valence-electron chi connectivity index (χ2n) is 6.45. The van der Waals surface area contributed by atoms with Crippen LogP contribution in [0.4, 0.5) is 0 Å². The minimum Gasteiger partial charge on any atom is -0.350 e. The molecule has 0 unspecified atom stereocenters. The van der Waals surface area contributed by atoms with Gasteiger partial charge in [-0.1, -0.05) is 72.8 Å². The molecule has 0 aromatic heterocycles. The van der Waals surface area contributed by atoms with Gasteiger partial charge in [0.2, 0.25) is 15.9 Å². The summed E-state index contributed by atoms with van der Waals surface area (Å²) in [5, 5.41) is 5.06. The summed E-state index contributed by atoms with van der Waals surface area (Å²) in [5.41, 5.74) is 1.61. The zero-order valence-corrected chi connectivity index (χ0v) is 16.1. The molecule has 3 aromatic carbocycles. The fraction of sp³-hybridized carbons (Fsp3) is 0.190. The third-order valence-corrected chi connectivity index (χ3v) is 5.84. The molecule has 1 N–H and O–H groups in total. The number of likely N-dealkylation sites (N-methyl/N-ethyl adjacent to an activating group) is 1. The van der Waals surface area contributed by atoms with Crippen LogP contribution in [0.1, 0.15) is 17.2 Å². The zero-order valence-electron chi connectivity index (χ0n) is 15.3. The van der Waals surface area contributed by atoms with E-state index in [1.54, 1.807) is 24.3 Å². The summed E-state index contributed by atoms with van der Waals surface area (Å²) in [6, 6.07) is 21.9. The molecule has 140 valence electrons. The van der Waals surface area contributed by atoms with E-state index >= 15 is 0 Å². The fourth-order valence-corrected chi connectivity index (χ4v) is 3.68. The molecule has 6 heteroatoms. The largest absolute Gasteiger partial charge is 0.350 e. The number of nitrogens with zero attached hydrogens (tertiary/aromatic N) is 1. The van der Waals surface area contributed by atoms with Crippen LogP contribution in [-0.4, -0.2) is 31.9 Å². The number of hydrogen-bond donors (Lipinski definition) is 1. The van der Waals surface area contributed by atoms with Crippen LogP contribution in [0.2, 0.25) is 0 Å². The fourth-order valence-electron chi connectivity index (χ4n) is 3.08. The van der Waals surface area contributed by atoms with Gasteiger partial charge in [-0.3, -0.25) is 4.79 Å². The van der Waals surface area contributed by atoms with E-state index in [2.05, 4.69) is 5.32 Å². The number of carbonyl (C=O) groups excluding carboxylic acids is 1. The number of nitrogens with one attached hydrogen (secondary N) is 1. The monoisotopic (exact) mass is 382 g/mol. The van der Waals surface area contributed by atoms with Crippen LogP contribution in [0.3, 0.4) is 0 Å². The minimum atomic E-state index is -3.54. The van der Waals surface area contributed by atoms with Gasteiger partial charge >= 0.3 is 0 Å². The first-order valence-corrected chi connectivity index (χ1v) is 10.4. The second kappa shape index (κ2) is 7.90. The van der Waals surface area contributed by atoms with E-state index in [0.717, 1.165) is 26.9 Å². The molecule has 5 nitrogen and oxygen atoms in total. The van der Waals surface area contributed by atoms with Crippen LogP contribution in [0.5, 0.6) is 0 Å². The Balaban J connectivity index is 1.86. The molecular weight excluding hydrogens is 360 g/mol. The summed E-state index contributed by atoms with van der Waals surface area (Å²) in [5.74, 6) is -0.359. The van der Waals surface area contributed by atoms with Crippen molar-refractivity contribution in [3.8, 4) is 0 Å². The molecule has 27 heavy (non-hydrogen) atoms. The predicted molar refractivity (Wildman–Crippen MR) is 108 cm³/mol. The van der Waals surface area contributed by atoms with Gasteiger partial charge in [-0.25, -0.2) is 8.42 Å². The van der Waals surface area contributed by atoms with Gasteiger partial charge in [0.1, 0.15) is 6.04 Å². The van der Waals surface area contributed by atoms with Crippen molar-refractivity contribution in [3.05, 3.63) is 83.9 Å². The average molecular weight is 382 g/mol. The van der Waals surface area contributed by atoms with Crippen LogP contribution >= 0.6 is 0 Å². The van der Waals surface area contributed by atoms with Crippen molar-refractivity contribution in [3.63, 3.8) is 0 Å². The van der Waals surface area contributed by atoms with Crippen molar-refractivity contribution in [1.29, 1.82) is 0 Å². The van der Waals surface area contributed by atoms with Crippen LogP contribution < -0.4 is 5.32 Å². The van der Waals surface area contributed by atoms with Crippen molar-refractivity contribution in [1.82, 2.24) is 9.62 Å². The summed E-state index contributed by atoms with van der Waals surface area (Å²) >= 11 is 0. The van der Waals surface area contributed by atoms with Crippen LogP contribution in [0.15, 0.2) is 72.8 Å². The maximum atomic E-state index is 12.9. The normalized spacial score (nSPS) is 12.9. The van der Waals surface area contributed by atoms with Crippen molar-refractivity contribution in [2.75, 3.05) is 13.3 Å². The highest BCUT2D eigenvalue weighted by molar-refractivity contribution is 7.88. The first-order chi connectivity index (χ1) is 12.9. The second-order valence-corrected chi connectivity index (χ2v) is 8.49. The average Bonchev–Trinajstić information content (AvgIpc) is 2.66. The maximum Gasteiger partial charge on any atom is 0.243 e. The Morgan fingerprint density at radius 1 is 0.963 bits per heavy atom. The number of hydrogen-bond acceptors (Lipinski definition) is 3. The Kier molecular flexibility index (Phi) is 5.58. The molecule has 0 saturated carbocycles. The molecule has 0 fully saturated rings. The first-order valence-electron chi connectivity index (χ1n) is 8.60. The van der Waals surface area contributed by atoms with Gasteiger partial charge in [0, 0.05) is 13.6 Å². The summed E-state index contributed by atoms with van der Waals surface area (Å²) in [4.78, 5) is 12.9. The third kappa shape index (κ3) is 4.35. The lowest BCUT2D eigenvalue weighted by Gasteiger charge is -2.25. The van der Waals surface area contributed by atoms with Crippen LogP contribution in [0.25, 0.3) is 10.8 Å². The highest BCUT2D eigenvalue weighted by atomic mass is 32.2. The van der Waals surface area contributed by atoms with Gasteiger partial charge in [0.05, 0.1) is 6.26 Å². The molecule has 0 aliphatic rings. The number of carbonyl (C=O) groups is 1. The van der Waals surface area contributed by atoms with Crippen molar-refractivity contribution in [2.45, 2.75) is 12.6 Å². The summed E-state index contributed by atoms with van der Waals surface area (Å²) in [6.45, 7) is 0.321. The summed E-state index contributed by atoms with van der Waals surface area (Å²) < 4.78 is 25.2. The lowest BCUT2D eigenvalue weighted by molar-refractivity contribution is -0.124. The zero-order chi connectivity index (χ0) is 19.4. The van der Waals surface area contributed by atoms with Crippen molar-refractivity contribution < 1.29 is 13.2 Å². The lowest BCUT2D eigenvalue weighted by atomic mass is 10.0. The molecule has 3 rings (SSSR count). The van der Waals surface area contributed by atoms with Gasteiger partial charge in [0.25, 0.3) is 0 Å².